The third-order valence-electron chi connectivity index (χ3n) is 4.00. The molecule has 0 saturated carbocycles. The summed E-state index contributed by atoms with van der Waals surface area (Å²) in [5.74, 6) is 1.76. The van der Waals surface area contributed by atoms with Crippen molar-refractivity contribution >= 4 is 17.0 Å². The summed E-state index contributed by atoms with van der Waals surface area (Å²) in [7, 11) is 1.86. The summed E-state index contributed by atoms with van der Waals surface area (Å²) in [5.41, 5.74) is 4.41. The molecule has 1 aliphatic rings. The number of aromatic nitrogens is 3. The number of nitrogens with one attached hydrogen (secondary N) is 3. The van der Waals surface area contributed by atoms with Crippen molar-refractivity contribution < 1.29 is 0 Å². The Bertz CT molecular complexity index is 792. The largest absolute Gasteiger partial charge is 0.373 e. The monoisotopic (exact) mass is 279 g/mol. The van der Waals surface area contributed by atoms with Gasteiger partial charge in [-0.15, -0.1) is 0 Å². The minimum atomic E-state index is 0.113. The number of hydrogen-bond acceptors (Lipinski definition) is 4. The lowest BCUT2D eigenvalue weighted by molar-refractivity contribution is 0.549. The van der Waals surface area contributed by atoms with E-state index >= 15 is 0 Å². The molecule has 1 aliphatic heterocycles. The highest BCUT2D eigenvalue weighted by atomic mass is 15.1. The van der Waals surface area contributed by atoms with Crippen molar-refractivity contribution in [2.24, 2.45) is 0 Å². The van der Waals surface area contributed by atoms with Gasteiger partial charge < -0.3 is 15.6 Å². The van der Waals surface area contributed by atoms with Gasteiger partial charge in [-0.1, -0.05) is 24.3 Å². The lowest BCUT2D eigenvalue weighted by atomic mass is 9.94. The van der Waals surface area contributed by atoms with Crippen LogP contribution in [0.2, 0.25) is 0 Å². The van der Waals surface area contributed by atoms with E-state index in [0.29, 0.717) is 0 Å². The Morgan fingerprint density at radius 3 is 2.95 bits per heavy atom. The van der Waals surface area contributed by atoms with Crippen LogP contribution in [0.25, 0.3) is 11.2 Å². The van der Waals surface area contributed by atoms with Gasteiger partial charge in [-0.05, 0) is 29.7 Å². The number of hydrogen-bond donors (Lipinski definition) is 3. The normalized spacial score (nSPS) is 17.7. The molecular weight excluding hydrogens is 262 g/mol. The van der Waals surface area contributed by atoms with E-state index in [2.05, 4.69) is 49.9 Å². The Morgan fingerprint density at radius 1 is 1.14 bits per heavy atom. The molecular formula is C16H17N5. The van der Waals surface area contributed by atoms with E-state index in [9.17, 15) is 0 Å². The number of aromatic amines is 1. The Kier molecular flexibility index (Phi) is 2.86. The van der Waals surface area contributed by atoms with Crippen molar-refractivity contribution in [1.29, 1.82) is 0 Å². The summed E-state index contributed by atoms with van der Waals surface area (Å²) >= 11 is 0. The molecule has 1 atom stereocenters. The molecule has 2 aromatic heterocycles. The van der Waals surface area contributed by atoms with Crippen LogP contribution in [0.1, 0.15) is 23.0 Å². The summed E-state index contributed by atoms with van der Waals surface area (Å²) in [5, 5.41) is 6.59. The van der Waals surface area contributed by atoms with E-state index in [1.165, 1.54) is 11.1 Å². The fraction of sp³-hybridized carbons (Fsp3) is 0.250. The van der Waals surface area contributed by atoms with Crippen molar-refractivity contribution in [2.75, 3.05) is 18.9 Å². The zero-order valence-electron chi connectivity index (χ0n) is 11.9. The van der Waals surface area contributed by atoms with E-state index in [4.69, 9.17) is 0 Å². The molecule has 5 heteroatoms. The molecule has 0 bridgehead atoms. The van der Waals surface area contributed by atoms with Gasteiger partial charge in [0.25, 0.3) is 0 Å². The molecule has 0 aliphatic carbocycles. The minimum Gasteiger partial charge on any atom is -0.373 e. The van der Waals surface area contributed by atoms with E-state index in [1.54, 1.807) is 0 Å². The van der Waals surface area contributed by atoms with Gasteiger partial charge >= 0.3 is 0 Å². The standard InChI is InChI=1S/C16H17N5/c1-17-13-7-6-12-15(20-13)21-16(19-12)14-11-5-3-2-4-10(11)8-9-18-14/h2-7,14,18H,8-9H2,1H3,(H2,17,19,20,21). The van der Waals surface area contributed by atoms with Gasteiger partial charge in [-0.2, -0.15) is 0 Å². The predicted molar refractivity (Wildman–Crippen MR) is 83.4 cm³/mol. The first kappa shape index (κ1) is 12.3. The quantitative estimate of drug-likeness (QED) is 0.673. The average Bonchev–Trinajstić information content (AvgIpc) is 2.97. The second-order valence-electron chi connectivity index (χ2n) is 5.28. The molecule has 0 fully saturated rings. The smallest absolute Gasteiger partial charge is 0.179 e. The first-order valence-corrected chi connectivity index (χ1v) is 7.21. The second-order valence-corrected chi connectivity index (χ2v) is 5.28. The lowest BCUT2D eigenvalue weighted by Gasteiger charge is -2.25. The van der Waals surface area contributed by atoms with Crippen molar-refractivity contribution in [3.63, 3.8) is 0 Å². The molecule has 3 aromatic rings. The molecule has 0 saturated heterocycles. The number of H-pyrrole nitrogens is 1. The Morgan fingerprint density at radius 2 is 2.05 bits per heavy atom. The average molecular weight is 279 g/mol. The van der Waals surface area contributed by atoms with Crippen LogP contribution < -0.4 is 10.6 Å². The minimum absolute atomic E-state index is 0.113. The summed E-state index contributed by atoms with van der Waals surface area (Å²) in [6.07, 6.45) is 1.06. The Balaban J connectivity index is 1.80. The van der Waals surface area contributed by atoms with E-state index < -0.39 is 0 Å². The van der Waals surface area contributed by atoms with Gasteiger partial charge in [0.15, 0.2) is 5.65 Å². The van der Waals surface area contributed by atoms with E-state index in [1.807, 2.05) is 19.2 Å². The zero-order chi connectivity index (χ0) is 14.2. The third-order valence-corrected chi connectivity index (χ3v) is 4.00. The van der Waals surface area contributed by atoms with Gasteiger partial charge in [-0.25, -0.2) is 9.97 Å². The second kappa shape index (κ2) is 4.86. The molecule has 3 heterocycles. The Hall–Kier alpha value is -2.40. The van der Waals surface area contributed by atoms with E-state index in [0.717, 1.165) is 35.8 Å². The van der Waals surface area contributed by atoms with Gasteiger partial charge in [0.05, 0.1) is 11.6 Å². The molecule has 1 unspecified atom stereocenters. The van der Waals surface area contributed by atoms with Gasteiger partial charge in [0.2, 0.25) is 0 Å². The number of imidazole rings is 1. The maximum atomic E-state index is 4.67. The number of nitrogens with zero attached hydrogens (tertiary/aromatic N) is 2. The number of pyridine rings is 1. The summed E-state index contributed by atoms with van der Waals surface area (Å²) in [4.78, 5) is 12.6. The van der Waals surface area contributed by atoms with Crippen LogP contribution >= 0.6 is 0 Å². The molecule has 0 spiro atoms. The van der Waals surface area contributed by atoms with Crippen LogP contribution in [0.5, 0.6) is 0 Å². The maximum absolute atomic E-state index is 4.67. The topological polar surface area (TPSA) is 65.6 Å². The molecule has 21 heavy (non-hydrogen) atoms. The summed E-state index contributed by atoms with van der Waals surface area (Å²) in [6.45, 7) is 0.966. The van der Waals surface area contributed by atoms with Crippen LogP contribution in [0.4, 0.5) is 5.82 Å². The Labute approximate surface area is 122 Å². The fourth-order valence-electron chi connectivity index (χ4n) is 2.94. The molecule has 106 valence electrons. The van der Waals surface area contributed by atoms with Crippen LogP contribution in [0.3, 0.4) is 0 Å². The van der Waals surface area contributed by atoms with Crippen molar-refractivity contribution in [3.8, 4) is 0 Å². The SMILES string of the molecule is CNc1ccc2[nH]c(C3NCCc4ccccc43)nc2n1. The molecule has 5 nitrogen and oxygen atoms in total. The van der Waals surface area contributed by atoms with Crippen LogP contribution in [0, 0.1) is 0 Å². The molecule has 0 amide bonds. The zero-order valence-corrected chi connectivity index (χ0v) is 11.9. The highest BCUT2D eigenvalue weighted by Gasteiger charge is 2.23. The highest BCUT2D eigenvalue weighted by Crippen LogP contribution is 2.28. The summed E-state index contributed by atoms with van der Waals surface area (Å²) in [6, 6.07) is 12.6. The fourth-order valence-corrected chi connectivity index (χ4v) is 2.94. The first-order valence-electron chi connectivity index (χ1n) is 7.21. The highest BCUT2D eigenvalue weighted by molar-refractivity contribution is 5.73. The van der Waals surface area contributed by atoms with E-state index in [-0.39, 0.29) is 6.04 Å². The van der Waals surface area contributed by atoms with Crippen molar-refractivity contribution in [1.82, 2.24) is 20.3 Å². The molecule has 4 rings (SSSR count). The van der Waals surface area contributed by atoms with Crippen LogP contribution in [-0.2, 0) is 6.42 Å². The lowest BCUT2D eigenvalue weighted by Crippen LogP contribution is -2.31. The molecule has 1 aromatic carbocycles. The number of benzene rings is 1. The van der Waals surface area contributed by atoms with Gasteiger partial charge in [0, 0.05) is 13.6 Å². The van der Waals surface area contributed by atoms with Crippen molar-refractivity contribution in [3.05, 3.63) is 53.3 Å². The molecule has 0 radical (unpaired) electrons. The maximum Gasteiger partial charge on any atom is 0.179 e. The van der Waals surface area contributed by atoms with Crippen LogP contribution in [0.15, 0.2) is 36.4 Å². The third kappa shape index (κ3) is 2.06. The van der Waals surface area contributed by atoms with Crippen molar-refractivity contribution in [2.45, 2.75) is 12.5 Å². The number of rotatable bonds is 2. The summed E-state index contributed by atoms with van der Waals surface area (Å²) < 4.78 is 0. The first-order chi connectivity index (χ1) is 10.3. The molecule has 3 N–H and O–H groups in total. The van der Waals surface area contributed by atoms with Gasteiger partial charge in [-0.3, -0.25) is 0 Å². The van der Waals surface area contributed by atoms with Gasteiger partial charge in [0.1, 0.15) is 11.6 Å². The predicted octanol–water partition coefficient (Wildman–Crippen LogP) is 2.23. The number of anilines is 1. The number of fused-ring (bicyclic) bond motifs is 2. The van der Waals surface area contributed by atoms with Crippen LogP contribution in [-0.4, -0.2) is 28.5 Å².